The monoisotopic (exact) mass is 304 g/mol. The molecule has 17 heavy (non-hydrogen) atoms. The third-order valence-corrected chi connectivity index (χ3v) is 3.52. The van der Waals surface area contributed by atoms with Gasteiger partial charge in [-0.1, -0.05) is 22.0 Å². The van der Waals surface area contributed by atoms with Gasteiger partial charge < -0.3 is 19.3 Å². The first-order chi connectivity index (χ1) is 7.94. The molecule has 1 N–H and O–H groups in total. The molecule has 0 saturated carbocycles. The Labute approximate surface area is 109 Å². The topological polar surface area (TPSA) is 47.9 Å². The van der Waals surface area contributed by atoms with Gasteiger partial charge in [0.05, 0.1) is 6.61 Å². The summed E-state index contributed by atoms with van der Waals surface area (Å²) in [6.45, 7) is 7.64. The van der Waals surface area contributed by atoms with Gasteiger partial charge >= 0.3 is 0 Å². The summed E-state index contributed by atoms with van der Waals surface area (Å²) in [5.41, 5.74) is 0. The molecule has 1 saturated heterocycles. The molecule has 1 fully saturated rings. The summed E-state index contributed by atoms with van der Waals surface area (Å²) in [5, 5.41) is 10.2. The standard InChI is InChI=1S/C12H17BrO4/c1-4-5-15-8-6-7(13)10-11(9(8)14)17-12(2,3)16-10/h4,6,8-11,14H,1,5H2,2-3H3/t8-,9+,10+,11-/m0/s1. The lowest BCUT2D eigenvalue weighted by Crippen LogP contribution is -2.47. The highest BCUT2D eigenvalue weighted by molar-refractivity contribution is 9.11. The van der Waals surface area contributed by atoms with Crippen LogP contribution in [-0.4, -0.2) is 41.9 Å². The first-order valence-electron chi connectivity index (χ1n) is 5.58. The normalized spacial score (nSPS) is 39.6. The Morgan fingerprint density at radius 3 is 2.94 bits per heavy atom. The van der Waals surface area contributed by atoms with Gasteiger partial charge in [-0.05, 0) is 19.9 Å². The minimum Gasteiger partial charge on any atom is -0.387 e. The number of halogens is 1. The number of ether oxygens (including phenoxy) is 3. The Bertz CT molecular complexity index is 339. The van der Waals surface area contributed by atoms with E-state index in [1.807, 2.05) is 19.9 Å². The van der Waals surface area contributed by atoms with Gasteiger partial charge in [0.1, 0.15) is 24.4 Å². The van der Waals surface area contributed by atoms with Crippen molar-refractivity contribution < 1.29 is 19.3 Å². The smallest absolute Gasteiger partial charge is 0.164 e. The van der Waals surface area contributed by atoms with Crippen molar-refractivity contribution in [3.05, 3.63) is 23.2 Å². The second-order valence-electron chi connectivity index (χ2n) is 4.65. The second kappa shape index (κ2) is 4.82. The number of hydrogen-bond acceptors (Lipinski definition) is 4. The molecule has 0 aromatic carbocycles. The molecule has 0 aromatic rings. The number of aliphatic hydroxyl groups excluding tert-OH is 1. The van der Waals surface area contributed by atoms with Crippen molar-refractivity contribution in [3.63, 3.8) is 0 Å². The molecule has 1 heterocycles. The fourth-order valence-corrected chi connectivity index (χ4v) is 2.73. The van der Waals surface area contributed by atoms with Gasteiger partial charge in [0.25, 0.3) is 0 Å². The lowest BCUT2D eigenvalue weighted by Gasteiger charge is -2.32. The van der Waals surface area contributed by atoms with Crippen LogP contribution in [0.2, 0.25) is 0 Å². The van der Waals surface area contributed by atoms with E-state index >= 15 is 0 Å². The first-order valence-corrected chi connectivity index (χ1v) is 6.37. The van der Waals surface area contributed by atoms with Crippen molar-refractivity contribution in [1.82, 2.24) is 0 Å². The van der Waals surface area contributed by atoms with E-state index < -0.39 is 24.1 Å². The van der Waals surface area contributed by atoms with Gasteiger partial charge in [-0.3, -0.25) is 0 Å². The van der Waals surface area contributed by atoms with Crippen LogP contribution < -0.4 is 0 Å². The maximum absolute atomic E-state index is 10.2. The highest BCUT2D eigenvalue weighted by Gasteiger charge is 2.50. The fraction of sp³-hybridized carbons (Fsp3) is 0.667. The predicted octanol–water partition coefficient (Wildman–Crippen LogP) is 1.73. The van der Waals surface area contributed by atoms with Crippen LogP contribution in [0, 0.1) is 0 Å². The molecule has 96 valence electrons. The van der Waals surface area contributed by atoms with Crippen LogP contribution in [0.5, 0.6) is 0 Å². The van der Waals surface area contributed by atoms with Gasteiger partial charge in [-0.25, -0.2) is 0 Å². The number of rotatable bonds is 3. The maximum Gasteiger partial charge on any atom is 0.164 e. The molecule has 4 nitrogen and oxygen atoms in total. The molecule has 1 aliphatic carbocycles. The summed E-state index contributed by atoms with van der Waals surface area (Å²) in [5.74, 6) is -0.684. The van der Waals surface area contributed by atoms with Crippen LogP contribution in [0.1, 0.15) is 13.8 Å². The van der Waals surface area contributed by atoms with Crippen LogP contribution in [-0.2, 0) is 14.2 Å². The van der Waals surface area contributed by atoms with E-state index in [9.17, 15) is 5.11 Å². The molecule has 4 atom stereocenters. The van der Waals surface area contributed by atoms with Gasteiger partial charge in [0.15, 0.2) is 5.79 Å². The molecule has 0 bridgehead atoms. The average Bonchev–Trinajstić information content (AvgIpc) is 2.58. The van der Waals surface area contributed by atoms with Crippen LogP contribution in [0.3, 0.4) is 0 Å². The predicted molar refractivity (Wildman–Crippen MR) is 66.8 cm³/mol. The van der Waals surface area contributed by atoms with E-state index in [1.165, 1.54) is 0 Å². The average molecular weight is 305 g/mol. The summed E-state index contributed by atoms with van der Waals surface area (Å²) in [6.07, 6.45) is 1.67. The van der Waals surface area contributed by atoms with Crippen molar-refractivity contribution in [2.75, 3.05) is 6.61 Å². The Morgan fingerprint density at radius 2 is 2.29 bits per heavy atom. The van der Waals surface area contributed by atoms with Crippen molar-refractivity contribution in [2.24, 2.45) is 0 Å². The van der Waals surface area contributed by atoms with E-state index in [-0.39, 0.29) is 6.10 Å². The summed E-state index contributed by atoms with van der Waals surface area (Å²) in [4.78, 5) is 0. The molecular weight excluding hydrogens is 288 g/mol. The minimum atomic E-state index is -0.733. The summed E-state index contributed by atoms with van der Waals surface area (Å²) >= 11 is 3.45. The zero-order valence-corrected chi connectivity index (χ0v) is 11.5. The quantitative estimate of drug-likeness (QED) is 0.807. The van der Waals surface area contributed by atoms with Gasteiger partial charge in [-0.2, -0.15) is 0 Å². The number of hydrogen-bond donors (Lipinski definition) is 1. The molecule has 1 aliphatic heterocycles. The van der Waals surface area contributed by atoms with Crippen LogP contribution in [0.4, 0.5) is 0 Å². The number of aliphatic hydroxyl groups is 1. The highest BCUT2D eigenvalue weighted by Crippen LogP contribution is 2.40. The largest absolute Gasteiger partial charge is 0.387 e. The van der Waals surface area contributed by atoms with Crippen LogP contribution in [0.15, 0.2) is 23.2 Å². The van der Waals surface area contributed by atoms with Gasteiger partial charge in [0.2, 0.25) is 0 Å². The summed E-state index contributed by atoms with van der Waals surface area (Å²) in [7, 11) is 0. The zero-order valence-electron chi connectivity index (χ0n) is 9.93. The fourth-order valence-electron chi connectivity index (χ4n) is 2.12. The molecule has 0 aromatic heterocycles. The SMILES string of the molecule is C=CCO[C@H]1C=C(Br)[C@H]2OC(C)(C)O[C@H]2[C@@H]1O. The molecule has 0 radical (unpaired) electrons. The Hall–Kier alpha value is -0.200. The van der Waals surface area contributed by atoms with Crippen molar-refractivity contribution in [1.29, 1.82) is 0 Å². The minimum absolute atomic E-state index is 0.261. The summed E-state index contributed by atoms with van der Waals surface area (Å²) in [6, 6.07) is 0. The van der Waals surface area contributed by atoms with Crippen molar-refractivity contribution in [3.8, 4) is 0 Å². The summed E-state index contributed by atoms with van der Waals surface area (Å²) < 4.78 is 17.7. The Balaban J connectivity index is 2.15. The lowest BCUT2D eigenvalue weighted by molar-refractivity contribution is -0.160. The van der Waals surface area contributed by atoms with E-state index in [4.69, 9.17) is 14.2 Å². The molecular formula is C12H17BrO4. The highest BCUT2D eigenvalue weighted by atomic mass is 79.9. The molecule has 2 aliphatic rings. The first kappa shape index (κ1) is 13.2. The second-order valence-corrected chi connectivity index (χ2v) is 5.57. The Kier molecular flexibility index (Phi) is 3.75. The van der Waals surface area contributed by atoms with Crippen LogP contribution >= 0.6 is 15.9 Å². The van der Waals surface area contributed by atoms with E-state index in [1.54, 1.807) is 6.08 Å². The van der Waals surface area contributed by atoms with E-state index in [2.05, 4.69) is 22.5 Å². The molecule has 2 rings (SSSR count). The lowest BCUT2D eigenvalue weighted by atomic mass is 9.96. The molecule has 5 heteroatoms. The third-order valence-electron chi connectivity index (χ3n) is 2.80. The zero-order chi connectivity index (χ0) is 12.6. The van der Waals surface area contributed by atoms with Crippen molar-refractivity contribution >= 4 is 15.9 Å². The molecule has 0 spiro atoms. The molecule has 0 unspecified atom stereocenters. The Morgan fingerprint density at radius 1 is 1.59 bits per heavy atom. The van der Waals surface area contributed by atoms with E-state index in [0.717, 1.165) is 4.48 Å². The number of fused-ring (bicyclic) bond motifs is 1. The molecule has 0 amide bonds. The maximum atomic E-state index is 10.2. The van der Waals surface area contributed by atoms with Crippen LogP contribution in [0.25, 0.3) is 0 Å². The third kappa shape index (κ3) is 2.63. The van der Waals surface area contributed by atoms with Crippen molar-refractivity contribution in [2.45, 2.75) is 44.1 Å². The van der Waals surface area contributed by atoms with Gasteiger partial charge in [0, 0.05) is 4.48 Å². The van der Waals surface area contributed by atoms with Gasteiger partial charge in [-0.15, -0.1) is 6.58 Å². The van der Waals surface area contributed by atoms with E-state index in [0.29, 0.717) is 6.61 Å².